The highest BCUT2D eigenvalue weighted by atomic mass is 32.1. The molecular weight excluding hydrogens is 424 g/mol. The minimum Gasteiger partial charge on any atom is -0.368 e. The van der Waals surface area contributed by atoms with E-state index in [4.69, 9.17) is 18.0 Å². The van der Waals surface area contributed by atoms with Crippen molar-refractivity contribution in [3.8, 4) is 11.4 Å². The summed E-state index contributed by atoms with van der Waals surface area (Å²) in [7, 11) is 0. The molecule has 0 aliphatic carbocycles. The van der Waals surface area contributed by atoms with E-state index in [0.717, 1.165) is 36.1 Å². The quantitative estimate of drug-likeness (QED) is 0.480. The van der Waals surface area contributed by atoms with Crippen LogP contribution in [0.4, 0.5) is 5.69 Å². The van der Waals surface area contributed by atoms with E-state index in [9.17, 15) is 9.59 Å². The Balaban J connectivity index is 1.50. The number of nitrogens with two attached hydrogens (primary N) is 1. The maximum Gasteiger partial charge on any atom is 0.244 e. The van der Waals surface area contributed by atoms with Gasteiger partial charge < -0.3 is 11.1 Å². The number of aromatic nitrogens is 3. The first-order valence-corrected chi connectivity index (χ1v) is 11.0. The number of hydrogen-bond acceptors (Lipinski definition) is 5. The van der Waals surface area contributed by atoms with E-state index in [0.29, 0.717) is 22.8 Å². The molecule has 9 heteroatoms. The van der Waals surface area contributed by atoms with E-state index in [2.05, 4.69) is 20.4 Å². The SMILES string of the molecule is Cc1ccc(-c2n[nH]c(=S)n2CC(=O)Nc2ccccc2CN2CCCC2C(N)=O)cc1. The first-order valence-electron chi connectivity index (χ1n) is 10.6. The van der Waals surface area contributed by atoms with E-state index in [1.54, 1.807) is 4.57 Å². The van der Waals surface area contributed by atoms with Crippen LogP contribution < -0.4 is 11.1 Å². The van der Waals surface area contributed by atoms with Gasteiger partial charge in [-0.25, -0.2) is 0 Å². The minimum atomic E-state index is -0.304. The summed E-state index contributed by atoms with van der Waals surface area (Å²) in [6, 6.07) is 15.2. The molecule has 0 spiro atoms. The molecule has 1 aromatic heterocycles. The van der Waals surface area contributed by atoms with E-state index in [1.165, 1.54) is 0 Å². The zero-order valence-corrected chi connectivity index (χ0v) is 18.7. The smallest absolute Gasteiger partial charge is 0.244 e. The van der Waals surface area contributed by atoms with Gasteiger partial charge in [-0.1, -0.05) is 48.0 Å². The minimum absolute atomic E-state index is 0.0283. The predicted molar refractivity (Wildman–Crippen MR) is 125 cm³/mol. The molecule has 1 unspecified atom stereocenters. The van der Waals surface area contributed by atoms with Crippen LogP contribution in [-0.2, 0) is 22.7 Å². The number of para-hydroxylation sites is 1. The molecule has 1 atom stereocenters. The molecular formula is C23H26N6O2S. The molecule has 8 nitrogen and oxygen atoms in total. The molecule has 3 aromatic rings. The normalized spacial score (nSPS) is 16.2. The first kappa shape index (κ1) is 21.9. The fourth-order valence-corrected chi connectivity index (χ4v) is 4.25. The number of H-pyrrole nitrogens is 1. The van der Waals surface area contributed by atoms with Crippen LogP contribution in [0.15, 0.2) is 48.5 Å². The zero-order chi connectivity index (χ0) is 22.7. The number of nitrogens with zero attached hydrogens (tertiary/aromatic N) is 3. The van der Waals surface area contributed by atoms with E-state index in [1.807, 2.05) is 55.5 Å². The summed E-state index contributed by atoms with van der Waals surface area (Å²) in [5.41, 5.74) is 9.21. The number of carbonyl (C=O) groups is 2. The van der Waals surface area contributed by atoms with Crippen molar-refractivity contribution in [3.63, 3.8) is 0 Å². The van der Waals surface area contributed by atoms with Crippen LogP contribution in [0.25, 0.3) is 11.4 Å². The van der Waals surface area contributed by atoms with Gasteiger partial charge in [-0.05, 0) is 50.2 Å². The summed E-state index contributed by atoms with van der Waals surface area (Å²) in [5, 5.41) is 10.1. The number of carbonyl (C=O) groups excluding carboxylic acids is 2. The van der Waals surface area contributed by atoms with Crippen LogP contribution in [0.2, 0.25) is 0 Å². The second-order valence-corrected chi connectivity index (χ2v) is 8.43. The maximum absolute atomic E-state index is 12.9. The van der Waals surface area contributed by atoms with Crippen molar-refractivity contribution in [3.05, 3.63) is 64.4 Å². The molecule has 4 rings (SSSR count). The van der Waals surface area contributed by atoms with Crippen molar-refractivity contribution in [2.24, 2.45) is 5.73 Å². The van der Waals surface area contributed by atoms with Gasteiger partial charge in [0.2, 0.25) is 11.8 Å². The number of benzene rings is 2. The fraction of sp³-hybridized carbons (Fsp3) is 0.304. The Kier molecular flexibility index (Phi) is 6.48. The maximum atomic E-state index is 12.9. The molecule has 4 N–H and O–H groups in total. The van der Waals surface area contributed by atoms with Gasteiger partial charge in [0.1, 0.15) is 6.54 Å². The summed E-state index contributed by atoms with van der Waals surface area (Å²) >= 11 is 5.35. The van der Waals surface area contributed by atoms with Crippen molar-refractivity contribution in [1.29, 1.82) is 0 Å². The van der Waals surface area contributed by atoms with Crippen LogP contribution in [-0.4, -0.2) is 44.1 Å². The highest BCUT2D eigenvalue weighted by molar-refractivity contribution is 7.71. The lowest BCUT2D eigenvalue weighted by Crippen LogP contribution is -2.39. The van der Waals surface area contributed by atoms with Gasteiger partial charge in [0.25, 0.3) is 0 Å². The average Bonchev–Trinajstić information content (AvgIpc) is 3.37. The number of hydrogen-bond donors (Lipinski definition) is 3. The molecule has 32 heavy (non-hydrogen) atoms. The Morgan fingerprint density at radius 1 is 1.22 bits per heavy atom. The monoisotopic (exact) mass is 450 g/mol. The number of primary amides is 1. The van der Waals surface area contributed by atoms with E-state index >= 15 is 0 Å². The van der Waals surface area contributed by atoms with Gasteiger partial charge in [0.15, 0.2) is 10.6 Å². The van der Waals surface area contributed by atoms with Crippen LogP contribution >= 0.6 is 12.2 Å². The Labute approximate surface area is 191 Å². The Bertz CT molecular complexity index is 1180. The van der Waals surface area contributed by atoms with Crippen molar-refractivity contribution >= 4 is 29.7 Å². The molecule has 1 aliphatic rings. The standard InChI is InChI=1S/C23H26N6O2S/c1-15-8-10-16(11-9-15)22-26-27-23(32)29(22)14-20(30)25-18-6-3-2-5-17(18)13-28-12-4-7-19(28)21(24)31/h2-3,5-6,8-11,19H,4,7,12-14H2,1H3,(H2,24,31)(H,25,30)(H,27,32). The number of amides is 2. The number of rotatable bonds is 7. The number of anilines is 1. The van der Waals surface area contributed by atoms with Crippen LogP contribution in [0.5, 0.6) is 0 Å². The lowest BCUT2D eigenvalue weighted by Gasteiger charge is -2.23. The van der Waals surface area contributed by atoms with Crippen molar-refractivity contribution in [2.75, 3.05) is 11.9 Å². The molecule has 0 bridgehead atoms. The molecule has 2 aromatic carbocycles. The van der Waals surface area contributed by atoms with Crippen molar-refractivity contribution in [1.82, 2.24) is 19.7 Å². The molecule has 2 amide bonds. The van der Waals surface area contributed by atoms with Gasteiger partial charge >= 0.3 is 0 Å². The Morgan fingerprint density at radius 3 is 2.72 bits per heavy atom. The van der Waals surface area contributed by atoms with E-state index in [-0.39, 0.29) is 24.4 Å². The molecule has 2 heterocycles. The summed E-state index contributed by atoms with van der Waals surface area (Å²) in [6.45, 7) is 3.39. The van der Waals surface area contributed by atoms with Crippen molar-refractivity contribution in [2.45, 2.75) is 38.9 Å². The van der Waals surface area contributed by atoms with Crippen LogP contribution in [0.1, 0.15) is 24.0 Å². The number of aryl methyl sites for hydroxylation is 1. The summed E-state index contributed by atoms with van der Waals surface area (Å²) in [5.74, 6) is 0.0953. The molecule has 1 saturated heterocycles. The summed E-state index contributed by atoms with van der Waals surface area (Å²) in [6.07, 6.45) is 1.70. The van der Waals surface area contributed by atoms with Gasteiger partial charge in [-0.15, -0.1) is 0 Å². The Morgan fingerprint density at radius 2 is 1.97 bits per heavy atom. The van der Waals surface area contributed by atoms with Gasteiger partial charge in [0, 0.05) is 17.8 Å². The lowest BCUT2D eigenvalue weighted by molar-refractivity contribution is -0.122. The highest BCUT2D eigenvalue weighted by Crippen LogP contribution is 2.24. The van der Waals surface area contributed by atoms with Crippen molar-refractivity contribution < 1.29 is 9.59 Å². The van der Waals surface area contributed by atoms with Crippen LogP contribution in [0.3, 0.4) is 0 Å². The van der Waals surface area contributed by atoms with Crippen LogP contribution in [0, 0.1) is 11.7 Å². The average molecular weight is 451 g/mol. The molecule has 1 aliphatic heterocycles. The molecule has 1 fully saturated rings. The molecule has 166 valence electrons. The van der Waals surface area contributed by atoms with Gasteiger partial charge in [0.05, 0.1) is 6.04 Å². The van der Waals surface area contributed by atoms with Gasteiger partial charge in [-0.2, -0.15) is 5.10 Å². The number of aromatic amines is 1. The van der Waals surface area contributed by atoms with Gasteiger partial charge in [-0.3, -0.25) is 24.2 Å². The second kappa shape index (κ2) is 9.46. The third-order valence-corrected chi connectivity index (χ3v) is 6.04. The number of nitrogens with one attached hydrogen (secondary N) is 2. The zero-order valence-electron chi connectivity index (χ0n) is 17.9. The topological polar surface area (TPSA) is 109 Å². The Hall–Kier alpha value is -3.30. The van der Waals surface area contributed by atoms with E-state index < -0.39 is 0 Å². The molecule has 0 saturated carbocycles. The lowest BCUT2D eigenvalue weighted by atomic mass is 10.1. The second-order valence-electron chi connectivity index (χ2n) is 8.04. The largest absolute Gasteiger partial charge is 0.368 e. The third kappa shape index (κ3) is 4.79. The fourth-order valence-electron chi connectivity index (χ4n) is 4.06. The number of likely N-dealkylation sites (tertiary alicyclic amines) is 1. The molecule has 0 radical (unpaired) electrons. The predicted octanol–water partition coefficient (Wildman–Crippen LogP) is 3.00. The summed E-state index contributed by atoms with van der Waals surface area (Å²) in [4.78, 5) is 26.7. The highest BCUT2D eigenvalue weighted by Gasteiger charge is 2.29. The third-order valence-electron chi connectivity index (χ3n) is 5.73. The summed E-state index contributed by atoms with van der Waals surface area (Å²) < 4.78 is 2.06. The first-order chi connectivity index (χ1) is 15.4.